The van der Waals surface area contributed by atoms with Crippen molar-refractivity contribution >= 4 is 8.32 Å². The summed E-state index contributed by atoms with van der Waals surface area (Å²) < 4.78 is 12.4. The van der Waals surface area contributed by atoms with Crippen LogP contribution < -0.4 is 0 Å². The van der Waals surface area contributed by atoms with E-state index in [4.69, 9.17) is 9.16 Å². The fraction of sp³-hybridized carbons (Fsp3) is 0.455. The minimum absolute atomic E-state index is 0.196. The second-order valence-electron chi connectivity index (χ2n) is 7.76. The monoisotopic (exact) mass is 354 g/mol. The Balaban J connectivity index is 1.99. The van der Waals surface area contributed by atoms with Crippen LogP contribution in [0.2, 0.25) is 19.1 Å². The number of unbranched alkanes of at least 4 members (excludes halogenated alkanes) is 1. The molecule has 0 saturated carbocycles. The number of benzene rings is 2. The van der Waals surface area contributed by atoms with Gasteiger partial charge in [-0.3, -0.25) is 0 Å². The summed E-state index contributed by atoms with van der Waals surface area (Å²) in [5.41, 5.74) is 5.15. The molecule has 0 radical (unpaired) electrons. The number of rotatable bonds is 8. The maximum Gasteiger partial charge on any atom is 0.186 e. The average Bonchev–Trinajstić information content (AvgIpc) is 2.90. The van der Waals surface area contributed by atoms with E-state index in [1.54, 1.807) is 7.11 Å². The first kappa shape index (κ1) is 18.4. The van der Waals surface area contributed by atoms with E-state index in [0.29, 0.717) is 13.2 Å². The van der Waals surface area contributed by atoms with Crippen molar-refractivity contribution in [3.63, 3.8) is 0 Å². The summed E-state index contributed by atoms with van der Waals surface area (Å²) in [5.74, 6) is 0. The summed E-state index contributed by atoms with van der Waals surface area (Å²) in [6.07, 6.45) is 2.48. The van der Waals surface area contributed by atoms with Gasteiger partial charge in [0.1, 0.15) is 0 Å². The third kappa shape index (κ3) is 3.46. The van der Waals surface area contributed by atoms with Gasteiger partial charge < -0.3 is 9.16 Å². The van der Waals surface area contributed by atoms with Crippen molar-refractivity contribution in [1.82, 2.24) is 0 Å². The van der Waals surface area contributed by atoms with Crippen LogP contribution in [0.5, 0.6) is 0 Å². The van der Waals surface area contributed by atoms with Gasteiger partial charge in [-0.1, -0.05) is 68.3 Å². The molecule has 0 atom stereocenters. The molecule has 0 aliphatic heterocycles. The molecule has 0 fully saturated rings. The van der Waals surface area contributed by atoms with Gasteiger partial charge in [-0.25, -0.2) is 0 Å². The number of hydrogen-bond acceptors (Lipinski definition) is 2. The van der Waals surface area contributed by atoms with E-state index in [2.05, 4.69) is 68.5 Å². The molecular formula is C22H30O2Si. The van der Waals surface area contributed by atoms with Gasteiger partial charge in [0.2, 0.25) is 0 Å². The van der Waals surface area contributed by atoms with Crippen LogP contribution in [0, 0.1) is 0 Å². The second-order valence-corrected chi connectivity index (χ2v) is 12.1. The fourth-order valence-electron chi connectivity index (χ4n) is 4.01. The van der Waals surface area contributed by atoms with Crippen LogP contribution in [0.1, 0.15) is 30.9 Å². The smallest absolute Gasteiger partial charge is 0.186 e. The molecule has 3 heteroatoms. The van der Waals surface area contributed by atoms with E-state index in [1.165, 1.54) is 41.1 Å². The van der Waals surface area contributed by atoms with Crippen molar-refractivity contribution in [2.24, 2.45) is 0 Å². The maximum absolute atomic E-state index is 6.64. The summed E-state index contributed by atoms with van der Waals surface area (Å²) in [6.45, 7) is 8.29. The van der Waals surface area contributed by atoms with E-state index in [9.17, 15) is 0 Å². The van der Waals surface area contributed by atoms with Gasteiger partial charge in [0.25, 0.3) is 0 Å². The highest BCUT2D eigenvalue weighted by Gasteiger charge is 2.44. The fourth-order valence-corrected chi connectivity index (χ4v) is 5.99. The topological polar surface area (TPSA) is 18.5 Å². The molecule has 0 saturated heterocycles. The van der Waals surface area contributed by atoms with Gasteiger partial charge in [-0.15, -0.1) is 0 Å². The first-order valence-corrected chi connectivity index (χ1v) is 12.5. The molecular weight excluding hydrogens is 324 g/mol. The minimum atomic E-state index is -1.67. The molecule has 2 aromatic carbocycles. The van der Waals surface area contributed by atoms with Gasteiger partial charge in [-0.05, 0) is 41.4 Å². The zero-order valence-corrected chi connectivity index (χ0v) is 17.0. The van der Waals surface area contributed by atoms with Gasteiger partial charge in [0, 0.05) is 13.7 Å². The lowest BCUT2D eigenvalue weighted by molar-refractivity contribution is 0.112. The van der Waals surface area contributed by atoms with Crippen LogP contribution >= 0.6 is 0 Å². The van der Waals surface area contributed by atoms with Gasteiger partial charge in [0.15, 0.2) is 8.32 Å². The molecule has 134 valence electrons. The summed E-state index contributed by atoms with van der Waals surface area (Å²) in [7, 11) is 0.131. The quantitative estimate of drug-likeness (QED) is 0.573. The molecule has 1 aliphatic carbocycles. The molecule has 0 unspecified atom stereocenters. The Kier molecular flexibility index (Phi) is 5.47. The molecule has 0 aromatic heterocycles. The molecule has 0 bridgehead atoms. The molecule has 25 heavy (non-hydrogen) atoms. The molecule has 3 rings (SSSR count). The first-order valence-electron chi connectivity index (χ1n) is 9.36. The SMILES string of the molecule is CCCC[Si](C)(C)OCC1(COC)c2ccccc2-c2ccccc21. The van der Waals surface area contributed by atoms with Crippen molar-refractivity contribution in [2.75, 3.05) is 20.3 Å². The van der Waals surface area contributed by atoms with E-state index in [0.717, 1.165) is 0 Å². The average molecular weight is 355 g/mol. The highest BCUT2D eigenvalue weighted by Crippen LogP contribution is 2.49. The molecule has 1 aliphatic rings. The van der Waals surface area contributed by atoms with Crippen molar-refractivity contribution in [2.45, 2.75) is 44.3 Å². The Bertz CT molecular complexity index is 678. The molecule has 0 amide bonds. The molecule has 0 heterocycles. The van der Waals surface area contributed by atoms with Crippen molar-refractivity contribution < 1.29 is 9.16 Å². The summed E-state index contributed by atoms with van der Waals surface area (Å²) in [5, 5.41) is 0. The minimum Gasteiger partial charge on any atom is -0.416 e. The lowest BCUT2D eigenvalue weighted by Crippen LogP contribution is -2.42. The van der Waals surface area contributed by atoms with Crippen molar-refractivity contribution in [3.8, 4) is 11.1 Å². The zero-order valence-electron chi connectivity index (χ0n) is 16.0. The Hall–Kier alpha value is -1.42. The normalized spacial score (nSPS) is 15.0. The van der Waals surface area contributed by atoms with Crippen LogP contribution in [-0.2, 0) is 14.6 Å². The van der Waals surface area contributed by atoms with E-state index in [-0.39, 0.29) is 5.41 Å². The predicted molar refractivity (Wildman–Crippen MR) is 108 cm³/mol. The van der Waals surface area contributed by atoms with Crippen molar-refractivity contribution in [3.05, 3.63) is 59.7 Å². The highest BCUT2D eigenvalue weighted by molar-refractivity contribution is 6.71. The molecule has 2 aromatic rings. The zero-order chi connectivity index (χ0) is 17.9. The summed E-state index contributed by atoms with van der Waals surface area (Å²) in [6, 6.07) is 18.7. The highest BCUT2D eigenvalue weighted by atomic mass is 28.4. The number of fused-ring (bicyclic) bond motifs is 3. The Labute approximate surface area is 153 Å². The number of ether oxygens (including phenoxy) is 1. The van der Waals surface area contributed by atoms with E-state index >= 15 is 0 Å². The van der Waals surface area contributed by atoms with Crippen LogP contribution in [-0.4, -0.2) is 28.6 Å². The Morgan fingerprint density at radius 1 is 0.880 bits per heavy atom. The maximum atomic E-state index is 6.64. The van der Waals surface area contributed by atoms with Gasteiger partial charge in [-0.2, -0.15) is 0 Å². The molecule has 2 nitrogen and oxygen atoms in total. The Morgan fingerprint density at radius 3 is 1.96 bits per heavy atom. The van der Waals surface area contributed by atoms with Crippen molar-refractivity contribution in [1.29, 1.82) is 0 Å². The third-order valence-electron chi connectivity index (χ3n) is 5.41. The van der Waals surface area contributed by atoms with Crippen LogP contribution in [0.3, 0.4) is 0 Å². The molecule has 0 N–H and O–H groups in total. The van der Waals surface area contributed by atoms with Gasteiger partial charge in [0.05, 0.1) is 12.0 Å². The Morgan fingerprint density at radius 2 is 1.44 bits per heavy atom. The summed E-state index contributed by atoms with van der Waals surface area (Å²) >= 11 is 0. The molecule has 0 spiro atoms. The standard InChI is InChI=1S/C22H30O2Si/c1-5-6-15-25(3,4)24-17-22(16-23-2)20-13-9-7-11-18(20)19-12-8-10-14-21(19)22/h7-14H,5-6,15-17H2,1-4H3. The lowest BCUT2D eigenvalue weighted by Gasteiger charge is -2.35. The van der Waals surface area contributed by atoms with Gasteiger partial charge >= 0.3 is 0 Å². The van der Waals surface area contributed by atoms with E-state index in [1.807, 2.05) is 0 Å². The van der Waals surface area contributed by atoms with E-state index < -0.39 is 8.32 Å². The van der Waals surface area contributed by atoms with Crippen LogP contribution in [0.25, 0.3) is 11.1 Å². The largest absolute Gasteiger partial charge is 0.416 e. The third-order valence-corrected chi connectivity index (χ3v) is 7.89. The number of hydrogen-bond donors (Lipinski definition) is 0. The van der Waals surface area contributed by atoms with Crippen LogP contribution in [0.4, 0.5) is 0 Å². The van der Waals surface area contributed by atoms with Crippen LogP contribution in [0.15, 0.2) is 48.5 Å². The first-order chi connectivity index (χ1) is 12.0. The lowest BCUT2D eigenvalue weighted by atomic mass is 9.80. The summed E-state index contributed by atoms with van der Waals surface area (Å²) in [4.78, 5) is 0. The second kappa shape index (κ2) is 7.44. The number of methoxy groups -OCH3 is 1. The predicted octanol–water partition coefficient (Wildman–Crippen LogP) is 5.62.